The minimum atomic E-state index is -2.54. The van der Waals surface area contributed by atoms with Crippen molar-refractivity contribution in [2.75, 3.05) is 19.8 Å². The molecule has 0 aromatic heterocycles. The SMILES string of the molecule is FC1(F)CNC12CCOC2. The number of alkyl halides is 2. The Morgan fingerprint density at radius 1 is 1.40 bits per heavy atom. The number of hydrogen-bond acceptors (Lipinski definition) is 2. The summed E-state index contributed by atoms with van der Waals surface area (Å²) in [6.07, 6.45) is 0.444. The normalized spacial score (nSPS) is 43.8. The minimum Gasteiger partial charge on any atom is -0.379 e. The van der Waals surface area contributed by atoms with E-state index in [0.717, 1.165) is 0 Å². The lowest BCUT2D eigenvalue weighted by molar-refractivity contribution is -0.154. The monoisotopic (exact) mass is 149 g/mol. The zero-order chi connectivity index (χ0) is 7.24. The number of hydrogen-bond donors (Lipinski definition) is 1. The highest BCUT2D eigenvalue weighted by atomic mass is 19.3. The van der Waals surface area contributed by atoms with Gasteiger partial charge in [0, 0.05) is 6.61 Å². The van der Waals surface area contributed by atoms with Gasteiger partial charge in [-0.15, -0.1) is 0 Å². The van der Waals surface area contributed by atoms with Gasteiger partial charge in [-0.3, -0.25) is 5.32 Å². The Kier molecular flexibility index (Phi) is 1.09. The third-order valence-corrected chi connectivity index (χ3v) is 2.37. The molecule has 2 saturated heterocycles. The summed E-state index contributed by atoms with van der Waals surface area (Å²) in [5, 5.41) is 2.74. The van der Waals surface area contributed by atoms with Gasteiger partial charge in [-0.1, -0.05) is 0 Å². The van der Waals surface area contributed by atoms with Gasteiger partial charge >= 0.3 is 0 Å². The smallest absolute Gasteiger partial charge is 0.280 e. The molecule has 58 valence electrons. The Hall–Kier alpha value is -0.220. The molecule has 10 heavy (non-hydrogen) atoms. The van der Waals surface area contributed by atoms with E-state index in [9.17, 15) is 8.78 Å². The van der Waals surface area contributed by atoms with Crippen LogP contribution in [0.15, 0.2) is 0 Å². The molecule has 1 spiro atoms. The van der Waals surface area contributed by atoms with Crippen molar-refractivity contribution in [2.45, 2.75) is 17.9 Å². The molecule has 2 nitrogen and oxygen atoms in total. The van der Waals surface area contributed by atoms with Gasteiger partial charge in [0.1, 0.15) is 5.54 Å². The maximum atomic E-state index is 12.8. The van der Waals surface area contributed by atoms with Gasteiger partial charge in [0.25, 0.3) is 5.92 Å². The molecule has 1 N–H and O–H groups in total. The zero-order valence-electron chi connectivity index (χ0n) is 5.49. The van der Waals surface area contributed by atoms with Gasteiger partial charge < -0.3 is 4.74 Å². The predicted octanol–water partition coefficient (Wildman–Crippen LogP) is 0.384. The van der Waals surface area contributed by atoms with Crippen LogP contribution < -0.4 is 5.32 Å². The molecular weight excluding hydrogens is 140 g/mol. The van der Waals surface area contributed by atoms with Crippen molar-refractivity contribution in [3.8, 4) is 0 Å². The molecular formula is C6H9F2NO. The molecule has 0 aromatic carbocycles. The molecule has 2 rings (SSSR count). The molecule has 4 heteroatoms. The van der Waals surface area contributed by atoms with Crippen LogP contribution in [-0.2, 0) is 4.74 Å². The first-order valence-corrected chi connectivity index (χ1v) is 3.37. The average molecular weight is 149 g/mol. The molecule has 0 radical (unpaired) electrons. The minimum absolute atomic E-state index is 0.167. The molecule has 1 unspecified atom stereocenters. The van der Waals surface area contributed by atoms with E-state index in [1.54, 1.807) is 0 Å². The fourth-order valence-corrected chi connectivity index (χ4v) is 1.46. The molecule has 0 saturated carbocycles. The van der Waals surface area contributed by atoms with Crippen molar-refractivity contribution < 1.29 is 13.5 Å². The van der Waals surface area contributed by atoms with Crippen LogP contribution in [0.5, 0.6) is 0 Å². The maximum Gasteiger partial charge on any atom is 0.280 e. The van der Waals surface area contributed by atoms with Crippen molar-refractivity contribution in [2.24, 2.45) is 0 Å². The number of rotatable bonds is 0. The van der Waals surface area contributed by atoms with Gasteiger partial charge in [0.15, 0.2) is 0 Å². The zero-order valence-corrected chi connectivity index (χ0v) is 5.49. The summed E-state index contributed by atoms with van der Waals surface area (Å²) in [4.78, 5) is 0. The fraction of sp³-hybridized carbons (Fsp3) is 1.00. The van der Waals surface area contributed by atoms with Crippen molar-refractivity contribution in [1.29, 1.82) is 0 Å². The highest BCUT2D eigenvalue weighted by Crippen LogP contribution is 2.41. The number of halogens is 2. The van der Waals surface area contributed by atoms with Crippen LogP contribution in [0.25, 0.3) is 0 Å². The summed E-state index contributed by atoms with van der Waals surface area (Å²) >= 11 is 0. The molecule has 2 heterocycles. The van der Waals surface area contributed by atoms with Crippen molar-refractivity contribution in [3.05, 3.63) is 0 Å². The highest BCUT2D eigenvalue weighted by Gasteiger charge is 2.63. The summed E-state index contributed by atoms with van der Waals surface area (Å²) in [6.45, 7) is 0.443. The second kappa shape index (κ2) is 1.68. The summed E-state index contributed by atoms with van der Waals surface area (Å²) in [6, 6.07) is 0. The van der Waals surface area contributed by atoms with E-state index in [4.69, 9.17) is 4.74 Å². The second-order valence-electron chi connectivity index (χ2n) is 2.94. The lowest BCUT2D eigenvalue weighted by atomic mass is 9.83. The molecule has 2 aliphatic heterocycles. The van der Waals surface area contributed by atoms with Gasteiger partial charge in [-0.25, -0.2) is 8.78 Å². The standard InChI is InChI=1S/C6H9F2NO/c7-6(8)3-9-5(6)1-2-10-4-5/h9H,1-4H2. The van der Waals surface area contributed by atoms with Crippen LogP contribution in [0.2, 0.25) is 0 Å². The van der Waals surface area contributed by atoms with Crippen LogP contribution in [0, 0.1) is 0 Å². The topological polar surface area (TPSA) is 21.3 Å². The molecule has 0 bridgehead atoms. The summed E-state index contributed by atoms with van der Waals surface area (Å²) in [7, 11) is 0. The predicted molar refractivity (Wildman–Crippen MR) is 31.1 cm³/mol. The molecule has 0 aromatic rings. The lowest BCUT2D eigenvalue weighted by Crippen LogP contribution is -2.74. The van der Waals surface area contributed by atoms with Crippen LogP contribution in [0.1, 0.15) is 6.42 Å². The third-order valence-electron chi connectivity index (χ3n) is 2.37. The van der Waals surface area contributed by atoms with Crippen molar-refractivity contribution in [1.82, 2.24) is 5.32 Å². The van der Waals surface area contributed by atoms with Gasteiger partial charge in [-0.05, 0) is 6.42 Å². The van der Waals surface area contributed by atoms with E-state index in [1.807, 2.05) is 0 Å². The molecule has 0 amide bonds. The number of nitrogens with one attached hydrogen (secondary N) is 1. The molecule has 1 atom stereocenters. The Morgan fingerprint density at radius 2 is 2.20 bits per heavy atom. The van der Waals surface area contributed by atoms with Crippen molar-refractivity contribution in [3.63, 3.8) is 0 Å². The number of ether oxygens (including phenoxy) is 1. The quantitative estimate of drug-likeness (QED) is 0.537. The summed E-state index contributed by atoms with van der Waals surface area (Å²) in [5.41, 5.74) is -0.993. The van der Waals surface area contributed by atoms with E-state index in [2.05, 4.69) is 5.32 Å². The van der Waals surface area contributed by atoms with E-state index in [0.29, 0.717) is 13.0 Å². The van der Waals surface area contributed by atoms with E-state index >= 15 is 0 Å². The largest absolute Gasteiger partial charge is 0.379 e. The Bertz CT molecular complexity index is 154. The summed E-state index contributed by atoms with van der Waals surface area (Å²) in [5.74, 6) is -2.54. The Balaban J connectivity index is 2.15. The first kappa shape index (κ1) is 6.49. The first-order valence-electron chi connectivity index (χ1n) is 3.37. The molecule has 2 aliphatic rings. The molecule has 0 aliphatic carbocycles. The van der Waals surface area contributed by atoms with Crippen LogP contribution in [-0.4, -0.2) is 31.2 Å². The highest BCUT2D eigenvalue weighted by molar-refractivity contribution is 5.12. The fourth-order valence-electron chi connectivity index (χ4n) is 1.46. The van der Waals surface area contributed by atoms with E-state index in [1.165, 1.54) is 0 Å². The average Bonchev–Trinajstić information content (AvgIpc) is 2.34. The van der Waals surface area contributed by atoms with E-state index in [-0.39, 0.29) is 13.2 Å². The third kappa shape index (κ3) is 0.582. The Morgan fingerprint density at radius 3 is 2.40 bits per heavy atom. The maximum absolute atomic E-state index is 12.8. The van der Waals surface area contributed by atoms with Crippen LogP contribution in [0.4, 0.5) is 8.78 Å². The van der Waals surface area contributed by atoms with Crippen LogP contribution in [0.3, 0.4) is 0 Å². The second-order valence-corrected chi connectivity index (χ2v) is 2.94. The Labute approximate surface area is 57.5 Å². The van der Waals surface area contributed by atoms with Gasteiger partial charge in [0.05, 0.1) is 13.2 Å². The van der Waals surface area contributed by atoms with Crippen LogP contribution >= 0.6 is 0 Å². The van der Waals surface area contributed by atoms with Gasteiger partial charge in [-0.2, -0.15) is 0 Å². The van der Waals surface area contributed by atoms with Crippen molar-refractivity contribution >= 4 is 0 Å². The van der Waals surface area contributed by atoms with Gasteiger partial charge in [0.2, 0.25) is 0 Å². The summed E-state index contributed by atoms with van der Waals surface area (Å²) < 4.78 is 30.4. The van der Waals surface area contributed by atoms with E-state index < -0.39 is 11.5 Å². The molecule has 2 fully saturated rings. The lowest BCUT2D eigenvalue weighted by Gasteiger charge is -2.46. The first-order chi connectivity index (χ1) is 4.66.